The highest BCUT2D eigenvalue weighted by Gasteiger charge is 2.16. The Kier molecular flexibility index (Phi) is 4.68. The number of hydrogen-bond donors (Lipinski definition) is 2. The maximum absolute atomic E-state index is 11.4. The molecule has 1 aromatic rings. The fourth-order valence-corrected chi connectivity index (χ4v) is 1.96. The van der Waals surface area contributed by atoms with E-state index in [1.54, 1.807) is 13.2 Å². The summed E-state index contributed by atoms with van der Waals surface area (Å²) < 4.78 is 0.748. The fourth-order valence-electron chi connectivity index (χ4n) is 1.47. The largest absolute Gasteiger partial charge is 0.368 e. The number of hydrogen-bond acceptors (Lipinski definition) is 5. The van der Waals surface area contributed by atoms with E-state index in [1.807, 2.05) is 18.9 Å². The van der Waals surface area contributed by atoms with Crippen LogP contribution in [0.4, 0.5) is 11.8 Å². The lowest BCUT2D eigenvalue weighted by atomic mass is 10.1. The van der Waals surface area contributed by atoms with Gasteiger partial charge in [-0.2, -0.15) is 4.98 Å². The molecule has 17 heavy (non-hydrogen) atoms. The molecule has 0 aliphatic rings. The van der Waals surface area contributed by atoms with Gasteiger partial charge in [0.25, 0.3) is 0 Å². The number of aromatic nitrogens is 2. The van der Waals surface area contributed by atoms with E-state index < -0.39 is 0 Å². The quantitative estimate of drug-likeness (QED) is 0.852. The summed E-state index contributed by atoms with van der Waals surface area (Å²) in [5, 5.41) is 2.61. The third-order valence-corrected chi connectivity index (χ3v) is 2.91. The van der Waals surface area contributed by atoms with Crippen molar-refractivity contribution in [3.8, 4) is 0 Å². The lowest BCUT2D eigenvalue weighted by Crippen LogP contribution is -2.34. The molecular weight excluding hydrogens is 286 g/mol. The average Bonchev–Trinajstić information content (AvgIpc) is 2.30. The van der Waals surface area contributed by atoms with Crippen LogP contribution in [-0.2, 0) is 4.79 Å². The molecule has 6 nitrogen and oxygen atoms in total. The third-order valence-electron chi connectivity index (χ3n) is 2.35. The lowest BCUT2D eigenvalue weighted by molar-refractivity contribution is -0.123. The first-order valence-electron chi connectivity index (χ1n) is 5.16. The molecule has 0 saturated carbocycles. The van der Waals surface area contributed by atoms with Crippen LogP contribution in [-0.4, -0.2) is 36.5 Å². The van der Waals surface area contributed by atoms with Crippen molar-refractivity contribution in [1.29, 1.82) is 0 Å². The first-order valence-corrected chi connectivity index (χ1v) is 5.95. The zero-order valence-electron chi connectivity index (χ0n) is 10.1. The average molecular weight is 302 g/mol. The van der Waals surface area contributed by atoms with Crippen molar-refractivity contribution >= 4 is 33.6 Å². The molecule has 1 unspecified atom stereocenters. The minimum Gasteiger partial charge on any atom is -0.368 e. The van der Waals surface area contributed by atoms with Gasteiger partial charge < -0.3 is 16.0 Å². The predicted molar refractivity (Wildman–Crippen MR) is 70.6 cm³/mol. The molecule has 0 radical (unpaired) electrons. The van der Waals surface area contributed by atoms with Gasteiger partial charge in [0, 0.05) is 26.8 Å². The maximum atomic E-state index is 11.4. The molecule has 1 atom stereocenters. The molecule has 0 spiro atoms. The van der Waals surface area contributed by atoms with Crippen LogP contribution in [0.1, 0.15) is 6.92 Å². The van der Waals surface area contributed by atoms with Gasteiger partial charge in [-0.25, -0.2) is 4.98 Å². The smallest absolute Gasteiger partial charge is 0.224 e. The van der Waals surface area contributed by atoms with E-state index >= 15 is 0 Å². The van der Waals surface area contributed by atoms with Gasteiger partial charge in [0.2, 0.25) is 11.9 Å². The number of carbonyl (C=O) groups is 1. The van der Waals surface area contributed by atoms with Crippen LogP contribution in [0.5, 0.6) is 0 Å². The second-order valence-electron chi connectivity index (χ2n) is 3.80. The van der Waals surface area contributed by atoms with E-state index in [-0.39, 0.29) is 17.8 Å². The van der Waals surface area contributed by atoms with E-state index in [1.165, 1.54) is 0 Å². The molecule has 0 fully saturated rings. The SMILES string of the molecule is CNC(=O)C(C)CN(C)c1nc(N)ncc1Br. The Bertz CT molecular complexity index is 412. The van der Waals surface area contributed by atoms with Gasteiger partial charge in [0.1, 0.15) is 5.82 Å². The number of nitrogens with one attached hydrogen (secondary N) is 1. The van der Waals surface area contributed by atoms with Gasteiger partial charge >= 0.3 is 0 Å². The minimum atomic E-state index is -0.131. The lowest BCUT2D eigenvalue weighted by Gasteiger charge is -2.22. The second kappa shape index (κ2) is 5.81. The van der Waals surface area contributed by atoms with Gasteiger partial charge in [-0.1, -0.05) is 6.92 Å². The molecule has 0 aliphatic carbocycles. The summed E-state index contributed by atoms with van der Waals surface area (Å²) >= 11 is 3.35. The molecule has 0 bridgehead atoms. The fraction of sp³-hybridized carbons (Fsp3) is 0.500. The van der Waals surface area contributed by atoms with E-state index in [2.05, 4.69) is 31.2 Å². The van der Waals surface area contributed by atoms with E-state index in [4.69, 9.17) is 5.73 Å². The number of carbonyl (C=O) groups excluding carboxylic acids is 1. The van der Waals surface area contributed by atoms with Crippen molar-refractivity contribution in [3.63, 3.8) is 0 Å². The number of nitrogens with two attached hydrogens (primary N) is 1. The molecule has 0 aliphatic heterocycles. The predicted octanol–water partition coefficient (Wildman–Crippen LogP) is 0.640. The zero-order chi connectivity index (χ0) is 13.0. The Hall–Kier alpha value is -1.37. The molecule has 1 rings (SSSR count). The van der Waals surface area contributed by atoms with Crippen molar-refractivity contribution in [2.24, 2.45) is 5.92 Å². The summed E-state index contributed by atoms with van der Waals surface area (Å²) in [5.41, 5.74) is 5.53. The van der Waals surface area contributed by atoms with Gasteiger partial charge in [0.15, 0.2) is 0 Å². The van der Waals surface area contributed by atoms with Gasteiger partial charge in [0.05, 0.1) is 10.4 Å². The maximum Gasteiger partial charge on any atom is 0.224 e. The Morgan fingerprint density at radius 2 is 2.35 bits per heavy atom. The third kappa shape index (κ3) is 3.55. The van der Waals surface area contributed by atoms with Crippen LogP contribution in [0.3, 0.4) is 0 Å². The summed E-state index contributed by atoms with van der Waals surface area (Å²) in [5.74, 6) is 0.749. The number of anilines is 2. The zero-order valence-corrected chi connectivity index (χ0v) is 11.7. The van der Waals surface area contributed by atoms with E-state index in [0.717, 1.165) is 4.47 Å². The number of amides is 1. The summed E-state index contributed by atoms with van der Waals surface area (Å²) in [7, 11) is 3.48. The Labute approximate surface area is 109 Å². The number of halogens is 1. The number of rotatable bonds is 4. The topological polar surface area (TPSA) is 84.1 Å². The van der Waals surface area contributed by atoms with Crippen molar-refractivity contribution in [1.82, 2.24) is 15.3 Å². The molecule has 94 valence electrons. The van der Waals surface area contributed by atoms with Crippen LogP contribution in [0.2, 0.25) is 0 Å². The van der Waals surface area contributed by atoms with Crippen LogP contribution >= 0.6 is 15.9 Å². The second-order valence-corrected chi connectivity index (χ2v) is 4.65. The highest BCUT2D eigenvalue weighted by Crippen LogP contribution is 2.23. The Morgan fingerprint density at radius 3 is 2.94 bits per heavy atom. The van der Waals surface area contributed by atoms with E-state index in [9.17, 15) is 4.79 Å². The monoisotopic (exact) mass is 301 g/mol. The molecule has 1 aromatic heterocycles. The first-order chi connectivity index (χ1) is 7.95. The summed E-state index contributed by atoms with van der Waals surface area (Å²) in [6, 6.07) is 0. The summed E-state index contributed by atoms with van der Waals surface area (Å²) in [4.78, 5) is 21.3. The molecule has 1 heterocycles. The van der Waals surface area contributed by atoms with Crippen LogP contribution in [0, 0.1) is 5.92 Å². The van der Waals surface area contributed by atoms with Crippen molar-refractivity contribution < 1.29 is 4.79 Å². The summed E-state index contributed by atoms with van der Waals surface area (Å²) in [6.07, 6.45) is 1.60. The molecule has 0 saturated heterocycles. The van der Waals surface area contributed by atoms with Crippen LogP contribution < -0.4 is 16.0 Å². The van der Waals surface area contributed by atoms with E-state index in [0.29, 0.717) is 12.4 Å². The van der Waals surface area contributed by atoms with Gasteiger partial charge in [-0.15, -0.1) is 0 Å². The normalized spacial score (nSPS) is 12.0. The molecule has 0 aromatic carbocycles. The van der Waals surface area contributed by atoms with Gasteiger partial charge in [-0.3, -0.25) is 4.79 Å². The highest BCUT2D eigenvalue weighted by atomic mass is 79.9. The van der Waals surface area contributed by atoms with Crippen molar-refractivity contribution in [2.45, 2.75) is 6.92 Å². The molecular formula is C10H16BrN5O. The number of nitrogen functional groups attached to an aromatic ring is 1. The van der Waals surface area contributed by atoms with Crippen molar-refractivity contribution in [3.05, 3.63) is 10.7 Å². The molecule has 3 N–H and O–H groups in total. The van der Waals surface area contributed by atoms with Crippen LogP contribution in [0.15, 0.2) is 10.7 Å². The highest BCUT2D eigenvalue weighted by molar-refractivity contribution is 9.10. The van der Waals surface area contributed by atoms with Gasteiger partial charge in [-0.05, 0) is 15.9 Å². The van der Waals surface area contributed by atoms with Crippen LogP contribution in [0.25, 0.3) is 0 Å². The number of nitrogens with zero attached hydrogens (tertiary/aromatic N) is 3. The minimum absolute atomic E-state index is 0.00463. The van der Waals surface area contributed by atoms with Crippen molar-refractivity contribution in [2.75, 3.05) is 31.3 Å². The standard InChI is InChI=1S/C10H16BrN5O/c1-6(9(17)13-2)5-16(3)8-7(11)4-14-10(12)15-8/h4,6H,5H2,1-3H3,(H,13,17)(H2,12,14,15). The molecule has 1 amide bonds. The first kappa shape index (κ1) is 13.7. The molecule has 7 heteroatoms. The Balaban J connectivity index is 2.79. The Morgan fingerprint density at radius 1 is 1.71 bits per heavy atom. The summed E-state index contributed by atoms with van der Waals surface area (Å²) in [6.45, 7) is 2.41.